The second kappa shape index (κ2) is 8.94. The number of hydrogen-bond donors (Lipinski definition) is 3. The summed E-state index contributed by atoms with van der Waals surface area (Å²) in [7, 11) is 0. The van der Waals surface area contributed by atoms with Crippen molar-refractivity contribution in [3.05, 3.63) is 0 Å². The van der Waals surface area contributed by atoms with E-state index in [0.717, 1.165) is 12.8 Å². The third-order valence-corrected chi connectivity index (χ3v) is 5.04. The number of Topliss-reactive ketones (excluding diaryl/α,β-unsaturated/α-hetero) is 1. The largest absolute Gasteiger partial charge is 0.368 e. The number of nitrogens with zero attached hydrogens (tertiary/aromatic N) is 1. The fraction of sp³-hybridized carbons (Fsp3) is 0.765. The SMILES string of the molecule is NCCCC[C@H](NC(=O)C1CCC(=O)C1)C(=O)N1CCC[C@H]1C(N)=O. The summed E-state index contributed by atoms with van der Waals surface area (Å²) < 4.78 is 0. The van der Waals surface area contributed by atoms with Crippen LogP contribution in [0.4, 0.5) is 0 Å². The van der Waals surface area contributed by atoms with Crippen LogP contribution in [0.15, 0.2) is 0 Å². The van der Waals surface area contributed by atoms with Gasteiger partial charge in [-0.15, -0.1) is 0 Å². The summed E-state index contributed by atoms with van der Waals surface area (Å²) in [6.45, 7) is 0.983. The van der Waals surface area contributed by atoms with Crippen molar-refractivity contribution in [1.82, 2.24) is 10.2 Å². The van der Waals surface area contributed by atoms with Crippen LogP contribution >= 0.6 is 0 Å². The zero-order valence-electron chi connectivity index (χ0n) is 14.5. The topological polar surface area (TPSA) is 136 Å². The van der Waals surface area contributed by atoms with Crippen molar-refractivity contribution in [3.63, 3.8) is 0 Å². The Bertz CT molecular complexity index is 537. The summed E-state index contributed by atoms with van der Waals surface area (Å²) >= 11 is 0. The van der Waals surface area contributed by atoms with Crippen LogP contribution < -0.4 is 16.8 Å². The van der Waals surface area contributed by atoms with Gasteiger partial charge in [0.15, 0.2) is 0 Å². The highest BCUT2D eigenvalue weighted by molar-refractivity contribution is 5.94. The van der Waals surface area contributed by atoms with Crippen LogP contribution in [0.1, 0.15) is 51.4 Å². The number of hydrogen-bond acceptors (Lipinski definition) is 5. The van der Waals surface area contributed by atoms with E-state index in [1.807, 2.05) is 0 Å². The summed E-state index contributed by atoms with van der Waals surface area (Å²) in [5.41, 5.74) is 10.9. The van der Waals surface area contributed by atoms with Gasteiger partial charge in [-0.3, -0.25) is 19.2 Å². The van der Waals surface area contributed by atoms with Gasteiger partial charge in [-0.2, -0.15) is 0 Å². The smallest absolute Gasteiger partial charge is 0.245 e. The number of nitrogens with one attached hydrogen (secondary N) is 1. The highest BCUT2D eigenvalue weighted by Gasteiger charge is 2.37. The molecule has 1 heterocycles. The number of carbonyl (C=O) groups is 4. The lowest BCUT2D eigenvalue weighted by molar-refractivity contribution is -0.141. The van der Waals surface area contributed by atoms with Crippen molar-refractivity contribution >= 4 is 23.5 Å². The number of unbranched alkanes of at least 4 members (excludes halogenated alkanes) is 1. The molecule has 8 nitrogen and oxygen atoms in total. The van der Waals surface area contributed by atoms with E-state index >= 15 is 0 Å². The Labute approximate surface area is 147 Å². The number of carbonyl (C=O) groups excluding carboxylic acids is 4. The van der Waals surface area contributed by atoms with Gasteiger partial charge in [0.05, 0.1) is 0 Å². The molecular formula is C17H28N4O4. The minimum Gasteiger partial charge on any atom is -0.368 e. The lowest BCUT2D eigenvalue weighted by Gasteiger charge is -2.28. The predicted molar refractivity (Wildman–Crippen MR) is 91.1 cm³/mol. The van der Waals surface area contributed by atoms with Crippen LogP contribution in [0.2, 0.25) is 0 Å². The van der Waals surface area contributed by atoms with Crippen molar-refractivity contribution in [2.75, 3.05) is 13.1 Å². The summed E-state index contributed by atoms with van der Waals surface area (Å²) in [4.78, 5) is 49.7. The monoisotopic (exact) mass is 352 g/mol. The van der Waals surface area contributed by atoms with Crippen molar-refractivity contribution in [3.8, 4) is 0 Å². The van der Waals surface area contributed by atoms with Crippen LogP contribution in [-0.4, -0.2) is 53.6 Å². The van der Waals surface area contributed by atoms with E-state index in [2.05, 4.69) is 5.32 Å². The van der Waals surface area contributed by atoms with Gasteiger partial charge in [-0.1, -0.05) is 0 Å². The second-order valence-electron chi connectivity index (χ2n) is 6.92. The Balaban J connectivity index is 2.03. The maximum absolute atomic E-state index is 12.9. The molecule has 0 aromatic carbocycles. The molecule has 1 unspecified atom stereocenters. The number of ketones is 1. The van der Waals surface area contributed by atoms with Gasteiger partial charge in [0.25, 0.3) is 0 Å². The van der Waals surface area contributed by atoms with E-state index in [1.54, 1.807) is 0 Å². The Morgan fingerprint density at radius 2 is 2.00 bits per heavy atom. The fourth-order valence-corrected chi connectivity index (χ4v) is 3.60. The summed E-state index contributed by atoms with van der Waals surface area (Å²) in [5, 5.41) is 2.80. The van der Waals surface area contributed by atoms with Crippen molar-refractivity contribution < 1.29 is 19.2 Å². The molecule has 5 N–H and O–H groups in total. The summed E-state index contributed by atoms with van der Waals surface area (Å²) in [5.74, 6) is -1.32. The Hall–Kier alpha value is -1.96. The molecule has 8 heteroatoms. The van der Waals surface area contributed by atoms with E-state index in [-0.39, 0.29) is 29.9 Å². The minimum atomic E-state index is -0.699. The summed E-state index contributed by atoms with van der Waals surface area (Å²) in [6.07, 6.45) is 4.38. The Morgan fingerprint density at radius 3 is 2.60 bits per heavy atom. The zero-order valence-corrected chi connectivity index (χ0v) is 14.5. The van der Waals surface area contributed by atoms with Crippen molar-refractivity contribution in [2.45, 2.75) is 63.5 Å². The maximum Gasteiger partial charge on any atom is 0.245 e. The first-order valence-electron chi connectivity index (χ1n) is 9.06. The van der Waals surface area contributed by atoms with Crippen LogP contribution in [0.3, 0.4) is 0 Å². The molecule has 0 aromatic heterocycles. The Kier molecular flexibility index (Phi) is 6.92. The van der Waals surface area contributed by atoms with E-state index in [4.69, 9.17) is 11.5 Å². The van der Waals surface area contributed by atoms with Crippen LogP contribution in [0.25, 0.3) is 0 Å². The van der Waals surface area contributed by atoms with Crippen LogP contribution in [0.5, 0.6) is 0 Å². The molecule has 1 aliphatic carbocycles. The van der Waals surface area contributed by atoms with E-state index in [0.29, 0.717) is 45.2 Å². The minimum absolute atomic E-state index is 0.0829. The molecule has 0 radical (unpaired) electrons. The highest BCUT2D eigenvalue weighted by Crippen LogP contribution is 2.23. The van der Waals surface area contributed by atoms with Gasteiger partial charge in [-0.05, 0) is 45.1 Å². The van der Waals surface area contributed by atoms with Crippen LogP contribution in [0, 0.1) is 5.92 Å². The molecule has 1 saturated carbocycles. The van der Waals surface area contributed by atoms with Gasteiger partial charge in [0.1, 0.15) is 17.9 Å². The molecule has 25 heavy (non-hydrogen) atoms. The average molecular weight is 352 g/mol. The lowest BCUT2D eigenvalue weighted by atomic mass is 10.0. The molecular weight excluding hydrogens is 324 g/mol. The normalized spacial score (nSPS) is 24.4. The Morgan fingerprint density at radius 1 is 1.24 bits per heavy atom. The molecule has 3 amide bonds. The van der Waals surface area contributed by atoms with Gasteiger partial charge < -0.3 is 21.7 Å². The van der Waals surface area contributed by atoms with E-state index < -0.39 is 18.0 Å². The quantitative estimate of drug-likeness (QED) is 0.503. The lowest BCUT2D eigenvalue weighted by Crippen LogP contribution is -2.53. The molecule has 2 fully saturated rings. The number of nitrogens with two attached hydrogens (primary N) is 2. The van der Waals surface area contributed by atoms with Gasteiger partial charge in [-0.25, -0.2) is 0 Å². The predicted octanol–water partition coefficient (Wildman–Crippen LogP) is -0.554. The molecule has 1 saturated heterocycles. The molecule has 0 spiro atoms. The fourth-order valence-electron chi connectivity index (χ4n) is 3.60. The highest BCUT2D eigenvalue weighted by atomic mass is 16.2. The average Bonchev–Trinajstić information content (AvgIpc) is 3.22. The van der Waals surface area contributed by atoms with Crippen molar-refractivity contribution in [2.24, 2.45) is 17.4 Å². The maximum atomic E-state index is 12.9. The zero-order chi connectivity index (χ0) is 18.4. The molecule has 3 atom stereocenters. The number of rotatable bonds is 8. The molecule has 2 aliphatic rings. The standard InChI is InChI=1S/C17H28N4O4/c18-8-2-1-4-13(20-16(24)11-6-7-12(22)10-11)17(25)21-9-3-5-14(21)15(19)23/h11,13-14H,1-10,18H2,(H2,19,23)(H,20,24)/t11?,13-,14-/m0/s1. The third kappa shape index (κ3) is 5.01. The first-order chi connectivity index (χ1) is 11.9. The van der Waals surface area contributed by atoms with E-state index in [1.165, 1.54) is 4.90 Å². The van der Waals surface area contributed by atoms with Gasteiger partial charge in [0.2, 0.25) is 17.7 Å². The second-order valence-corrected chi connectivity index (χ2v) is 6.92. The van der Waals surface area contributed by atoms with Gasteiger partial charge in [0, 0.05) is 25.3 Å². The van der Waals surface area contributed by atoms with Gasteiger partial charge >= 0.3 is 0 Å². The number of primary amides is 1. The van der Waals surface area contributed by atoms with E-state index in [9.17, 15) is 19.2 Å². The molecule has 2 rings (SSSR count). The molecule has 0 bridgehead atoms. The number of likely N-dealkylation sites (tertiary alicyclic amines) is 1. The first-order valence-corrected chi connectivity index (χ1v) is 9.06. The number of amides is 3. The first kappa shape index (κ1) is 19.4. The van der Waals surface area contributed by atoms with Crippen molar-refractivity contribution in [1.29, 1.82) is 0 Å². The third-order valence-electron chi connectivity index (χ3n) is 5.04. The molecule has 1 aliphatic heterocycles. The van der Waals surface area contributed by atoms with Crippen LogP contribution in [-0.2, 0) is 19.2 Å². The molecule has 140 valence electrons. The molecule has 0 aromatic rings. The summed E-state index contributed by atoms with van der Waals surface area (Å²) in [6, 6.07) is -1.30.